The Hall–Kier alpha value is -3.68. The van der Waals surface area contributed by atoms with Gasteiger partial charge in [-0.1, -0.05) is 30.3 Å². The quantitative estimate of drug-likeness (QED) is 0.521. The van der Waals surface area contributed by atoms with E-state index in [1.807, 2.05) is 48.7 Å². The average Bonchev–Trinajstić information content (AvgIpc) is 3.27. The van der Waals surface area contributed by atoms with Crippen molar-refractivity contribution in [2.75, 3.05) is 36.0 Å². The number of ether oxygens (including phenoxy) is 1. The Balaban J connectivity index is 1.27. The summed E-state index contributed by atoms with van der Waals surface area (Å²) in [6, 6.07) is 18.0. The van der Waals surface area contributed by atoms with Crippen molar-refractivity contribution < 1.29 is 4.74 Å². The third-order valence-corrected chi connectivity index (χ3v) is 5.04. The van der Waals surface area contributed by atoms with Crippen LogP contribution in [0.1, 0.15) is 5.56 Å². The highest BCUT2D eigenvalue weighted by Gasteiger charge is 2.22. The van der Waals surface area contributed by atoms with Gasteiger partial charge >= 0.3 is 0 Å². The zero-order valence-corrected chi connectivity index (χ0v) is 15.9. The summed E-state index contributed by atoms with van der Waals surface area (Å²) in [4.78, 5) is 9.13. The van der Waals surface area contributed by atoms with Gasteiger partial charge < -0.3 is 14.5 Å². The smallest absolute Gasteiger partial charge is 0.177 e. The molecule has 0 amide bonds. The van der Waals surface area contributed by atoms with Gasteiger partial charge in [0.2, 0.25) is 0 Å². The van der Waals surface area contributed by atoms with Crippen molar-refractivity contribution in [2.45, 2.75) is 6.61 Å². The Morgan fingerprint density at radius 2 is 1.69 bits per heavy atom. The number of pyridine rings is 1. The second-order valence-electron chi connectivity index (χ2n) is 6.90. The molecule has 3 aromatic heterocycles. The van der Waals surface area contributed by atoms with E-state index in [2.05, 4.69) is 42.2 Å². The summed E-state index contributed by atoms with van der Waals surface area (Å²) in [5.41, 5.74) is 1.89. The van der Waals surface area contributed by atoms with Gasteiger partial charge in [-0.05, 0) is 29.8 Å². The van der Waals surface area contributed by atoms with E-state index in [4.69, 9.17) is 4.74 Å². The molecule has 0 N–H and O–H groups in total. The van der Waals surface area contributed by atoms with Crippen LogP contribution in [0.4, 0.5) is 11.6 Å². The third-order valence-electron chi connectivity index (χ3n) is 5.04. The number of nitrogens with zero attached hydrogens (tertiary/aromatic N) is 7. The molecule has 0 bridgehead atoms. The van der Waals surface area contributed by atoms with Crippen LogP contribution in [0.25, 0.3) is 5.65 Å². The summed E-state index contributed by atoms with van der Waals surface area (Å²) in [6.45, 7) is 3.94. The van der Waals surface area contributed by atoms with Gasteiger partial charge in [-0.3, -0.25) is 0 Å². The van der Waals surface area contributed by atoms with E-state index in [0.717, 1.165) is 54.8 Å². The van der Waals surface area contributed by atoms with Gasteiger partial charge in [-0.15, -0.1) is 15.3 Å². The van der Waals surface area contributed by atoms with E-state index in [1.54, 1.807) is 10.8 Å². The molecule has 8 nitrogen and oxygen atoms in total. The minimum absolute atomic E-state index is 0.530. The molecule has 1 aliphatic heterocycles. The molecule has 4 aromatic rings. The first kappa shape index (κ1) is 17.4. The molecule has 0 saturated carbocycles. The number of aromatic nitrogens is 5. The number of piperazine rings is 1. The Bertz CT molecular complexity index is 1090. The van der Waals surface area contributed by atoms with Crippen LogP contribution in [0.2, 0.25) is 0 Å². The summed E-state index contributed by atoms with van der Waals surface area (Å²) in [6.07, 6.45) is 3.44. The fourth-order valence-corrected chi connectivity index (χ4v) is 3.50. The van der Waals surface area contributed by atoms with Gasteiger partial charge in [0.05, 0.1) is 0 Å². The van der Waals surface area contributed by atoms with E-state index in [9.17, 15) is 0 Å². The van der Waals surface area contributed by atoms with E-state index in [0.29, 0.717) is 6.61 Å². The van der Waals surface area contributed by atoms with Crippen molar-refractivity contribution in [1.82, 2.24) is 24.8 Å². The van der Waals surface area contributed by atoms with Crippen molar-refractivity contribution in [2.24, 2.45) is 0 Å². The second-order valence-corrected chi connectivity index (χ2v) is 6.90. The topological polar surface area (TPSA) is 71.7 Å². The van der Waals surface area contributed by atoms with Gasteiger partial charge in [-0.2, -0.15) is 4.52 Å². The molecule has 8 heteroatoms. The van der Waals surface area contributed by atoms with Crippen LogP contribution >= 0.6 is 0 Å². The molecule has 29 heavy (non-hydrogen) atoms. The summed E-state index contributed by atoms with van der Waals surface area (Å²) >= 11 is 0. The van der Waals surface area contributed by atoms with Gasteiger partial charge in [0.25, 0.3) is 0 Å². The highest BCUT2D eigenvalue weighted by molar-refractivity contribution is 5.54. The molecule has 0 spiro atoms. The van der Waals surface area contributed by atoms with Crippen LogP contribution in [0.5, 0.6) is 5.75 Å². The minimum atomic E-state index is 0.530. The van der Waals surface area contributed by atoms with Crippen LogP contribution < -0.4 is 14.5 Å². The predicted molar refractivity (Wildman–Crippen MR) is 110 cm³/mol. The van der Waals surface area contributed by atoms with E-state index < -0.39 is 0 Å². The second kappa shape index (κ2) is 7.75. The average molecular weight is 387 g/mol. The summed E-state index contributed by atoms with van der Waals surface area (Å²) in [7, 11) is 0. The molecule has 1 saturated heterocycles. The zero-order chi connectivity index (χ0) is 19.5. The number of anilines is 2. The maximum Gasteiger partial charge on any atom is 0.177 e. The molecule has 1 aliphatic rings. The minimum Gasteiger partial charge on any atom is -0.485 e. The number of rotatable bonds is 5. The van der Waals surface area contributed by atoms with Gasteiger partial charge in [0.1, 0.15) is 18.8 Å². The van der Waals surface area contributed by atoms with Crippen molar-refractivity contribution in [3.63, 3.8) is 0 Å². The fraction of sp³-hybridized carbons (Fsp3) is 0.238. The normalized spacial score (nSPS) is 14.3. The van der Waals surface area contributed by atoms with Crippen LogP contribution in [0.3, 0.4) is 0 Å². The van der Waals surface area contributed by atoms with E-state index >= 15 is 0 Å². The van der Waals surface area contributed by atoms with E-state index in [-0.39, 0.29) is 0 Å². The monoisotopic (exact) mass is 387 g/mol. The Morgan fingerprint density at radius 1 is 0.862 bits per heavy atom. The first-order valence-corrected chi connectivity index (χ1v) is 9.65. The maximum absolute atomic E-state index is 6.08. The molecule has 0 atom stereocenters. The van der Waals surface area contributed by atoms with E-state index in [1.165, 1.54) is 0 Å². The molecule has 1 fully saturated rings. The summed E-state index contributed by atoms with van der Waals surface area (Å²) in [5.74, 6) is 2.64. The summed E-state index contributed by atoms with van der Waals surface area (Å²) < 4.78 is 7.78. The largest absolute Gasteiger partial charge is 0.485 e. The van der Waals surface area contributed by atoms with Crippen molar-refractivity contribution >= 4 is 17.3 Å². The predicted octanol–water partition coefficient (Wildman–Crippen LogP) is 2.42. The van der Waals surface area contributed by atoms with Gasteiger partial charge in [-0.25, -0.2) is 4.98 Å². The number of hydrogen-bond acceptors (Lipinski definition) is 7. The van der Waals surface area contributed by atoms with Crippen molar-refractivity contribution in [3.8, 4) is 5.75 Å². The van der Waals surface area contributed by atoms with Crippen molar-refractivity contribution in [1.29, 1.82) is 0 Å². The highest BCUT2D eigenvalue weighted by atomic mass is 16.5. The Labute approximate surface area is 168 Å². The zero-order valence-electron chi connectivity index (χ0n) is 15.9. The van der Waals surface area contributed by atoms with Gasteiger partial charge in [0.15, 0.2) is 17.2 Å². The van der Waals surface area contributed by atoms with Crippen LogP contribution in [-0.2, 0) is 6.61 Å². The molecule has 0 radical (unpaired) electrons. The lowest BCUT2D eigenvalue weighted by atomic mass is 10.2. The first-order valence-electron chi connectivity index (χ1n) is 9.65. The maximum atomic E-state index is 6.08. The van der Waals surface area contributed by atoms with Crippen LogP contribution in [0, 0.1) is 0 Å². The molecule has 0 unspecified atom stereocenters. The van der Waals surface area contributed by atoms with Crippen LogP contribution in [-0.4, -0.2) is 51.0 Å². The summed E-state index contributed by atoms with van der Waals surface area (Å²) in [5, 5.41) is 12.5. The third kappa shape index (κ3) is 3.69. The standard InChI is InChI=1S/C21H21N7O/c1-2-5-17(6-3-1)15-29-18-7-4-10-22-21(18)27-13-11-26(12-14-27)20-9-8-19-24-23-16-28(19)25-20/h1-10,16H,11-15H2. The lowest BCUT2D eigenvalue weighted by Crippen LogP contribution is -2.47. The molecule has 5 rings (SSSR count). The van der Waals surface area contributed by atoms with Crippen LogP contribution in [0.15, 0.2) is 67.1 Å². The molecule has 1 aromatic carbocycles. The Kier molecular flexibility index (Phi) is 4.65. The number of benzene rings is 1. The fourth-order valence-electron chi connectivity index (χ4n) is 3.50. The van der Waals surface area contributed by atoms with Crippen molar-refractivity contribution in [3.05, 3.63) is 72.7 Å². The Morgan fingerprint density at radius 3 is 2.55 bits per heavy atom. The molecule has 4 heterocycles. The molecular weight excluding hydrogens is 366 g/mol. The number of fused-ring (bicyclic) bond motifs is 1. The van der Waals surface area contributed by atoms with Gasteiger partial charge in [0, 0.05) is 32.4 Å². The SMILES string of the molecule is c1ccc(COc2cccnc2N2CCN(c3ccc4nncn4n3)CC2)cc1. The molecule has 0 aliphatic carbocycles. The molecule has 146 valence electrons. The number of hydrogen-bond donors (Lipinski definition) is 0. The lowest BCUT2D eigenvalue weighted by Gasteiger charge is -2.36. The first-order chi connectivity index (χ1) is 14.4. The highest BCUT2D eigenvalue weighted by Crippen LogP contribution is 2.27. The lowest BCUT2D eigenvalue weighted by molar-refractivity contribution is 0.305. The molecular formula is C21H21N7O.